The molecule has 8 heteroatoms. The fourth-order valence-electron chi connectivity index (χ4n) is 2.05. The van der Waals surface area contributed by atoms with Crippen molar-refractivity contribution in [3.63, 3.8) is 0 Å². The summed E-state index contributed by atoms with van der Waals surface area (Å²) in [4.78, 5) is 4.39. The van der Waals surface area contributed by atoms with Gasteiger partial charge in [0.25, 0.3) is 0 Å². The Hall–Kier alpha value is -1.64. The number of nitrogens with zero attached hydrogens (tertiary/aromatic N) is 1. The molecule has 118 valence electrons. The molecule has 0 amide bonds. The first-order chi connectivity index (χ1) is 10.5. The Balaban J connectivity index is 1.78. The molecule has 1 aromatic carbocycles. The van der Waals surface area contributed by atoms with Gasteiger partial charge in [-0.1, -0.05) is 0 Å². The highest BCUT2D eigenvalue weighted by Gasteiger charge is 2.19. The number of ether oxygens (including phenoxy) is 2. The molecule has 0 radical (unpaired) electrons. The molecule has 0 fully saturated rings. The summed E-state index contributed by atoms with van der Waals surface area (Å²) in [6, 6.07) is 4.64. The predicted octanol–water partition coefficient (Wildman–Crippen LogP) is 2.09. The Morgan fingerprint density at radius 2 is 2.05 bits per heavy atom. The van der Waals surface area contributed by atoms with Crippen LogP contribution in [0, 0.1) is 6.92 Å². The Morgan fingerprint density at radius 1 is 1.27 bits per heavy atom. The van der Waals surface area contributed by atoms with Gasteiger partial charge in [-0.2, -0.15) is 0 Å². The van der Waals surface area contributed by atoms with E-state index in [2.05, 4.69) is 9.71 Å². The van der Waals surface area contributed by atoms with Crippen molar-refractivity contribution in [2.75, 3.05) is 13.2 Å². The van der Waals surface area contributed by atoms with Crippen molar-refractivity contribution in [3.8, 4) is 11.5 Å². The third-order valence-corrected chi connectivity index (χ3v) is 5.36. The minimum absolute atomic E-state index is 0.156. The molecule has 2 aromatic rings. The first-order valence-corrected chi connectivity index (χ1v) is 9.21. The topological polar surface area (TPSA) is 77.5 Å². The van der Waals surface area contributed by atoms with Crippen molar-refractivity contribution in [2.45, 2.75) is 24.8 Å². The lowest BCUT2D eigenvalue weighted by atomic mass is 10.3. The Morgan fingerprint density at radius 3 is 2.77 bits per heavy atom. The minimum Gasteiger partial charge on any atom is -0.490 e. The molecule has 3 rings (SSSR count). The number of nitrogens with one attached hydrogen (secondary N) is 1. The van der Waals surface area contributed by atoms with Crippen LogP contribution >= 0.6 is 11.3 Å². The number of aromatic nitrogens is 1. The Bertz CT molecular complexity index is 771. The van der Waals surface area contributed by atoms with Crippen LogP contribution in [-0.2, 0) is 16.6 Å². The summed E-state index contributed by atoms with van der Waals surface area (Å²) in [5, 5.41) is 2.75. The van der Waals surface area contributed by atoms with Crippen molar-refractivity contribution in [3.05, 3.63) is 34.3 Å². The highest BCUT2D eigenvalue weighted by molar-refractivity contribution is 7.89. The number of hydrogen-bond acceptors (Lipinski definition) is 6. The van der Waals surface area contributed by atoms with Gasteiger partial charge in [-0.3, -0.25) is 0 Å². The van der Waals surface area contributed by atoms with Crippen LogP contribution < -0.4 is 14.2 Å². The van der Waals surface area contributed by atoms with Crippen molar-refractivity contribution in [2.24, 2.45) is 0 Å². The van der Waals surface area contributed by atoms with E-state index in [4.69, 9.17) is 9.47 Å². The molecule has 6 nitrogen and oxygen atoms in total. The monoisotopic (exact) mass is 340 g/mol. The van der Waals surface area contributed by atoms with Gasteiger partial charge in [-0.25, -0.2) is 18.1 Å². The molecular weight excluding hydrogens is 324 g/mol. The zero-order valence-electron chi connectivity index (χ0n) is 12.0. The SMILES string of the molecule is Cc1nc(CNS(=O)(=O)c2ccc3c(c2)OCCCO3)cs1. The summed E-state index contributed by atoms with van der Waals surface area (Å²) in [7, 11) is -3.62. The fourth-order valence-corrected chi connectivity index (χ4v) is 3.68. The highest BCUT2D eigenvalue weighted by Crippen LogP contribution is 2.31. The van der Waals surface area contributed by atoms with E-state index < -0.39 is 10.0 Å². The van der Waals surface area contributed by atoms with Crippen LogP contribution in [0.2, 0.25) is 0 Å². The molecular formula is C14H16N2O4S2. The van der Waals surface area contributed by atoms with Crippen LogP contribution in [0.5, 0.6) is 11.5 Å². The standard InChI is InChI=1S/C14H16N2O4S2/c1-10-16-11(9-21-10)8-15-22(17,18)12-3-4-13-14(7-12)20-6-2-5-19-13/h3-4,7,9,15H,2,5-6,8H2,1H3. The molecule has 0 unspecified atom stereocenters. The molecule has 1 N–H and O–H groups in total. The maximum atomic E-state index is 12.4. The molecule has 22 heavy (non-hydrogen) atoms. The summed E-state index contributed by atoms with van der Waals surface area (Å²) in [5.41, 5.74) is 0.709. The molecule has 1 aromatic heterocycles. The number of fused-ring (bicyclic) bond motifs is 1. The number of rotatable bonds is 4. The van der Waals surface area contributed by atoms with Crippen LogP contribution in [0.15, 0.2) is 28.5 Å². The maximum Gasteiger partial charge on any atom is 0.241 e. The first-order valence-electron chi connectivity index (χ1n) is 6.85. The first kappa shape index (κ1) is 15.3. The average Bonchev–Trinajstić information content (AvgIpc) is 2.78. The van der Waals surface area contributed by atoms with Crippen LogP contribution in [0.25, 0.3) is 0 Å². The van der Waals surface area contributed by atoms with Gasteiger partial charge in [0.1, 0.15) is 0 Å². The second-order valence-electron chi connectivity index (χ2n) is 4.84. The lowest BCUT2D eigenvalue weighted by molar-refractivity contribution is 0.297. The molecule has 0 saturated carbocycles. The quantitative estimate of drug-likeness (QED) is 0.922. The number of hydrogen-bond donors (Lipinski definition) is 1. The van der Waals surface area contributed by atoms with Crippen LogP contribution in [0.4, 0.5) is 0 Å². The van der Waals surface area contributed by atoms with Crippen molar-refractivity contribution >= 4 is 21.4 Å². The van der Waals surface area contributed by atoms with E-state index in [9.17, 15) is 8.42 Å². The van der Waals surface area contributed by atoms with E-state index in [0.29, 0.717) is 30.4 Å². The van der Waals surface area contributed by atoms with Gasteiger partial charge >= 0.3 is 0 Å². The van der Waals surface area contributed by atoms with Crippen molar-refractivity contribution in [1.82, 2.24) is 9.71 Å². The van der Waals surface area contributed by atoms with Gasteiger partial charge < -0.3 is 9.47 Å². The Labute approximate surface area is 133 Å². The summed E-state index contributed by atoms with van der Waals surface area (Å²) in [6.45, 7) is 3.14. The Kier molecular flexibility index (Phi) is 4.32. The normalized spacial score (nSPS) is 14.6. The zero-order chi connectivity index (χ0) is 15.6. The van der Waals surface area contributed by atoms with E-state index in [1.165, 1.54) is 23.5 Å². The second kappa shape index (κ2) is 6.23. The largest absolute Gasteiger partial charge is 0.490 e. The lowest BCUT2D eigenvalue weighted by Crippen LogP contribution is -2.23. The highest BCUT2D eigenvalue weighted by atomic mass is 32.2. The van der Waals surface area contributed by atoms with Crippen LogP contribution in [-0.4, -0.2) is 26.6 Å². The van der Waals surface area contributed by atoms with Gasteiger partial charge in [-0.15, -0.1) is 11.3 Å². The molecule has 0 spiro atoms. The second-order valence-corrected chi connectivity index (χ2v) is 7.67. The van der Waals surface area contributed by atoms with E-state index in [-0.39, 0.29) is 11.4 Å². The lowest BCUT2D eigenvalue weighted by Gasteiger charge is -2.10. The fraction of sp³-hybridized carbons (Fsp3) is 0.357. The van der Waals surface area contributed by atoms with E-state index in [0.717, 1.165) is 11.4 Å². The predicted molar refractivity (Wildman–Crippen MR) is 82.9 cm³/mol. The number of sulfonamides is 1. The van der Waals surface area contributed by atoms with Gasteiger partial charge in [0.15, 0.2) is 11.5 Å². The smallest absolute Gasteiger partial charge is 0.241 e. The number of benzene rings is 1. The molecule has 0 bridgehead atoms. The zero-order valence-corrected chi connectivity index (χ0v) is 13.7. The molecule has 1 aliphatic rings. The van der Waals surface area contributed by atoms with Gasteiger partial charge in [0.05, 0.1) is 35.4 Å². The van der Waals surface area contributed by atoms with E-state index in [1.54, 1.807) is 6.07 Å². The summed E-state index contributed by atoms with van der Waals surface area (Å²) in [5.74, 6) is 1.04. The van der Waals surface area contributed by atoms with Crippen molar-refractivity contribution in [1.29, 1.82) is 0 Å². The molecule has 0 saturated heterocycles. The van der Waals surface area contributed by atoms with Crippen LogP contribution in [0.3, 0.4) is 0 Å². The van der Waals surface area contributed by atoms with Crippen LogP contribution in [0.1, 0.15) is 17.1 Å². The number of aryl methyl sites for hydroxylation is 1. The molecule has 0 aliphatic carbocycles. The summed E-state index contributed by atoms with van der Waals surface area (Å²) >= 11 is 1.49. The van der Waals surface area contributed by atoms with Gasteiger partial charge in [-0.05, 0) is 19.1 Å². The summed E-state index contributed by atoms with van der Waals surface area (Å²) in [6.07, 6.45) is 0.776. The molecule has 2 heterocycles. The molecule has 1 aliphatic heterocycles. The molecule has 0 atom stereocenters. The number of thiazole rings is 1. The third kappa shape index (κ3) is 3.40. The van der Waals surface area contributed by atoms with Gasteiger partial charge in [0.2, 0.25) is 10.0 Å². The van der Waals surface area contributed by atoms with E-state index in [1.807, 2.05) is 12.3 Å². The summed E-state index contributed by atoms with van der Waals surface area (Å²) < 4.78 is 38.3. The van der Waals surface area contributed by atoms with E-state index >= 15 is 0 Å². The van der Waals surface area contributed by atoms with Crippen molar-refractivity contribution < 1.29 is 17.9 Å². The third-order valence-electron chi connectivity index (χ3n) is 3.14. The average molecular weight is 340 g/mol. The van der Waals surface area contributed by atoms with Gasteiger partial charge in [0, 0.05) is 17.9 Å². The maximum absolute atomic E-state index is 12.4. The minimum atomic E-state index is -3.62.